The molecule has 3 nitrogen and oxygen atoms in total. The molecule has 0 aromatic carbocycles. The number of thiol groups is 1. The fourth-order valence-corrected chi connectivity index (χ4v) is 1.42. The Hall–Kier alpha value is -0.840. The molecule has 0 fully saturated rings. The van der Waals surface area contributed by atoms with E-state index in [1.165, 1.54) is 27.3 Å². The Labute approximate surface area is 81.8 Å². The second-order valence-corrected chi connectivity index (χ2v) is 3.50. The highest BCUT2D eigenvalue weighted by molar-refractivity contribution is 7.80. The highest BCUT2D eigenvalue weighted by atomic mass is 32.1. The maximum Gasteiger partial charge on any atom is 0.230 e. The second-order valence-electron chi connectivity index (χ2n) is 3.05. The normalized spacial score (nSPS) is 11.5. The van der Waals surface area contributed by atoms with Crippen molar-refractivity contribution in [3.63, 3.8) is 0 Å². The molecule has 0 atom stereocenters. The standard InChI is InChI=1S/C8H11FN2OS/c1-8(2,9)6-5(13)7(12-3)11-4-10-6/h4,13H,1-3H3. The summed E-state index contributed by atoms with van der Waals surface area (Å²) in [5.41, 5.74) is -1.30. The molecule has 0 aliphatic heterocycles. The van der Waals surface area contributed by atoms with Crippen LogP contribution in [0.25, 0.3) is 0 Å². The average Bonchev–Trinajstić information content (AvgIpc) is 2.02. The third kappa shape index (κ3) is 2.09. The Morgan fingerprint density at radius 3 is 2.54 bits per heavy atom. The zero-order valence-corrected chi connectivity index (χ0v) is 8.60. The molecule has 0 aliphatic carbocycles. The van der Waals surface area contributed by atoms with Gasteiger partial charge in [0, 0.05) is 0 Å². The lowest BCUT2D eigenvalue weighted by Gasteiger charge is -2.15. The quantitative estimate of drug-likeness (QED) is 0.745. The number of aromatic nitrogens is 2. The third-order valence-corrected chi connectivity index (χ3v) is 1.95. The van der Waals surface area contributed by atoms with Crippen molar-refractivity contribution in [3.8, 4) is 5.88 Å². The van der Waals surface area contributed by atoms with Gasteiger partial charge in [-0.3, -0.25) is 0 Å². The van der Waals surface area contributed by atoms with Crippen molar-refractivity contribution in [2.75, 3.05) is 7.11 Å². The molecule has 5 heteroatoms. The first-order chi connectivity index (χ1) is 5.96. The SMILES string of the molecule is COc1ncnc(C(C)(C)F)c1S. The van der Waals surface area contributed by atoms with Crippen LogP contribution in [-0.4, -0.2) is 17.1 Å². The van der Waals surface area contributed by atoms with Crippen molar-refractivity contribution in [1.82, 2.24) is 9.97 Å². The highest BCUT2D eigenvalue weighted by Crippen LogP contribution is 2.31. The van der Waals surface area contributed by atoms with E-state index < -0.39 is 5.67 Å². The van der Waals surface area contributed by atoms with Gasteiger partial charge in [-0.25, -0.2) is 14.4 Å². The van der Waals surface area contributed by atoms with E-state index in [1.807, 2.05) is 0 Å². The molecular weight excluding hydrogens is 191 g/mol. The average molecular weight is 202 g/mol. The molecule has 1 heterocycles. The number of nitrogens with zero attached hydrogens (tertiary/aromatic N) is 2. The van der Waals surface area contributed by atoms with Crippen LogP contribution in [0.4, 0.5) is 4.39 Å². The number of halogens is 1. The molecule has 72 valence electrons. The van der Waals surface area contributed by atoms with E-state index in [0.29, 0.717) is 10.8 Å². The molecule has 0 unspecified atom stereocenters. The van der Waals surface area contributed by atoms with Gasteiger partial charge < -0.3 is 4.74 Å². The molecular formula is C8H11FN2OS. The summed E-state index contributed by atoms with van der Waals surface area (Å²) in [4.78, 5) is 7.96. The van der Waals surface area contributed by atoms with Gasteiger partial charge in [0.05, 0.1) is 17.7 Å². The van der Waals surface area contributed by atoms with Gasteiger partial charge in [0.1, 0.15) is 12.0 Å². The molecule has 0 saturated heterocycles. The molecule has 0 spiro atoms. The molecule has 0 aliphatic rings. The summed E-state index contributed by atoms with van der Waals surface area (Å²) in [5.74, 6) is 0.291. The Bertz CT molecular complexity index is 312. The van der Waals surface area contributed by atoms with Crippen LogP contribution in [0.2, 0.25) is 0 Å². The Balaban J connectivity index is 3.24. The fourth-order valence-electron chi connectivity index (χ4n) is 0.947. The third-order valence-electron chi connectivity index (χ3n) is 1.55. The number of rotatable bonds is 2. The van der Waals surface area contributed by atoms with Crippen molar-refractivity contribution in [1.29, 1.82) is 0 Å². The van der Waals surface area contributed by atoms with Crippen molar-refractivity contribution < 1.29 is 9.13 Å². The Morgan fingerprint density at radius 2 is 2.08 bits per heavy atom. The van der Waals surface area contributed by atoms with Crippen LogP contribution in [0.15, 0.2) is 11.2 Å². The molecule has 0 radical (unpaired) electrons. The van der Waals surface area contributed by atoms with E-state index >= 15 is 0 Å². The summed E-state index contributed by atoms with van der Waals surface area (Å²) in [6.07, 6.45) is 1.26. The molecule has 1 aromatic rings. The second kappa shape index (κ2) is 3.49. The van der Waals surface area contributed by atoms with Gasteiger partial charge in [-0.05, 0) is 13.8 Å². The lowest BCUT2D eigenvalue weighted by atomic mass is 10.1. The molecule has 0 bridgehead atoms. The van der Waals surface area contributed by atoms with E-state index in [2.05, 4.69) is 22.6 Å². The Kier molecular flexibility index (Phi) is 2.75. The molecule has 0 saturated carbocycles. The van der Waals surface area contributed by atoms with Crippen LogP contribution in [0.5, 0.6) is 5.88 Å². The summed E-state index contributed by atoms with van der Waals surface area (Å²) in [6.45, 7) is 2.82. The summed E-state index contributed by atoms with van der Waals surface area (Å²) in [5, 5.41) is 0. The molecule has 0 N–H and O–H groups in total. The molecule has 0 amide bonds. The van der Waals surface area contributed by atoms with Crippen LogP contribution < -0.4 is 4.74 Å². The van der Waals surface area contributed by atoms with Crippen molar-refractivity contribution in [2.45, 2.75) is 24.4 Å². The van der Waals surface area contributed by atoms with E-state index in [4.69, 9.17) is 4.74 Å². The summed E-state index contributed by atoms with van der Waals surface area (Å²) < 4.78 is 18.4. The lowest BCUT2D eigenvalue weighted by molar-refractivity contribution is 0.207. The van der Waals surface area contributed by atoms with Crippen LogP contribution in [0.1, 0.15) is 19.5 Å². The minimum atomic E-state index is -1.53. The van der Waals surface area contributed by atoms with Crippen LogP contribution in [0.3, 0.4) is 0 Å². The first kappa shape index (κ1) is 10.2. The van der Waals surface area contributed by atoms with Crippen molar-refractivity contribution >= 4 is 12.6 Å². The van der Waals surface area contributed by atoms with Crippen LogP contribution >= 0.6 is 12.6 Å². The number of ether oxygens (including phenoxy) is 1. The lowest BCUT2D eigenvalue weighted by Crippen LogP contribution is -2.13. The number of alkyl halides is 1. The minimum Gasteiger partial charge on any atom is -0.480 e. The van der Waals surface area contributed by atoms with Crippen LogP contribution in [-0.2, 0) is 5.67 Å². The first-order valence-electron chi connectivity index (χ1n) is 3.74. The highest BCUT2D eigenvalue weighted by Gasteiger charge is 2.25. The predicted octanol–water partition coefficient (Wildman–Crippen LogP) is 1.98. The van der Waals surface area contributed by atoms with Gasteiger partial charge in [-0.15, -0.1) is 12.6 Å². The fraction of sp³-hybridized carbons (Fsp3) is 0.500. The van der Waals surface area contributed by atoms with Crippen LogP contribution in [0, 0.1) is 0 Å². The predicted molar refractivity (Wildman–Crippen MR) is 50.0 cm³/mol. The van der Waals surface area contributed by atoms with Gasteiger partial charge in [0.2, 0.25) is 5.88 Å². The van der Waals surface area contributed by atoms with Gasteiger partial charge in [0.25, 0.3) is 0 Å². The van der Waals surface area contributed by atoms with Gasteiger partial charge in [0.15, 0.2) is 0 Å². The molecule has 13 heavy (non-hydrogen) atoms. The summed E-state index contributed by atoms with van der Waals surface area (Å²) in [6, 6.07) is 0. The maximum atomic E-state index is 13.5. The summed E-state index contributed by atoms with van der Waals surface area (Å²) in [7, 11) is 1.46. The van der Waals surface area contributed by atoms with Crippen molar-refractivity contribution in [3.05, 3.63) is 12.0 Å². The first-order valence-corrected chi connectivity index (χ1v) is 4.19. The monoisotopic (exact) mass is 202 g/mol. The number of hydrogen-bond donors (Lipinski definition) is 1. The largest absolute Gasteiger partial charge is 0.480 e. The summed E-state index contributed by atoms with van der Waals surface area (Å²) >= 11 is 4.09. The van der Waals surface area contributed by atoms with E-state index in [-0.39, 0.29) is 5.69 Å². The minimum absolute atomic E-state index is 0.239. The van der Waals surface area contributed by atoms with E-state index in [0.717, 1.165) is 0 Å². The van der Waals surface area contributed by atoms with Gasteiger partial charge in [-0.2, -0.15) is 0 Å². The molecule has 1 aromatic heterocycles. The van der Waals surface area contributed by atoms with Gasteiger partial charge >= 0.3 is 0 Å². The number of hydrogen-bond acceptors (Lipinski definition) is 4. The molecule has 1 rings (SSSR count). The van der Waals surface area contributed by atoms with Crippen molar-refractivity contribution in [2.24, 2.45) is 0 Å². The topological polar surface area (TPSA) is 35.0 Å². The van der Waals surface area contributed by atoms with E-state index in [1.54, 1.807) is 0 Å². The zero-order chi connectivity index (χ0) is 10.1. The smallest absolute Gasteiger partial charge is 0.230 e. The zero-order valence-electron chi connectivity index (χ0n) is 7.71. The van der Waals surface area contributed by atoms with E-state index in [9.17, 15) is 4.39 Å². The number of methoxy groups -OCH3 is 1. The van der Waals surface area contributed by atoms with Gasteiger partial charge in [-0.1, -0.05) is 0 Å². The maximum absolute atomic E-state index is 13.5. The Morgan fingerprint density at radius 1 is 1.46 bits per heavy atom.